The first-order valence-corrected chi connectivity index (χ1v) is 9.22. The third kappa shape index (κ3) is 7.64. The Labute approximate surface area is 127 Å². The van der Waals surface area contributed by atoms with Gasteiger partial charge in [-0.3, -0.25) is 0 Å². The van der Waals surface area contributed by atoms with Crippen LogP contribution in [-0.2, 0) is 0 Å². The molecular formula is C18H38N2. The maximum absolute atomic E-state index is 5.73. The van der Waals surface area contributed by atoms with E-state index in [1.807, 2.05) is 0 Å². The first-order chi connectivity index (χ1) is 9.80. The fourth-order valence-corrected chi connectivity index (χ4v) is 3.83. The van der Waals surface area contributed by atoms with Crippen LogP contribution in [0.4, 0.5) is 0 Å². The van der Waals surface area contributed by atoms with Crippen molar-refractivity contribution in [1.29, 1.82) is 0 Å². The van der Waals surface area contributed by atoms with Crippen molar-refractivity contribution in [3.63, 3.8) is 0 Å². The number of rotatable bonds is 10. The molecule has 0 spiro atoms. The van der Waals surface area contributed by atoms with Crippen molar-refractivity contribution in [3.8, 4) is 0 Å². The maximum atomic E-state index is 5.73. The molecule has 2 atom stereocenters. The molecule has 1 heterocycles. The number of nitrogens with two attached hydrogens (primary N) is 1. The molecule has 2 N–H and O–H groups in total. The fourth-order valence-electron chi connectivity index (χ4n) is 3.83. The molecule has 1 saturated heterocycles. The molecule has 0 saturated carbocycles. The molecule has 0 radical (unpaired) electrons. The Bertz CT molecular complexity index is 211. The van der Waals surface area contributed by atoms with E-state index in [1.54, 1.807) is 0 Å². The highest BCUT2D eigenvalue weighted by atomic mass is 15.1. The molecule has 2 unspecified atom stereocenters. The first-order valence-electron chi connectivity index (χ1n) is 9.22. The summed E-state index contributed by atoms with van der Waals surface area (Å²) in [5.41, 5.74) is 5.73. The number of hydrogen-bond donors (Lipinski definition) is 1. The lowest BCUT2D eigenvalue weighted by Crippen LogP contribution is -2.26. The summed E-state index contributed by atoms with van der Waals surface area (Å²) in [4.78, 5) is 2.72. The van der Waals surface area contributed by atoms with Crippen molar-refractivity contribution in [1.82, 2.24) is 4.90 Å². The summed E-state index contributed by atoms with van der Waals surface area (Å²) in [6, 6.07) is 0. The van der Waals surface area contributed by atoms with Crippen LogP contribution in [0, 0.1) is 11.8 Å². The van der Waals surface area contributed by atoms with Gasteiger partial charge in [-0.2, -0.15) is 0 Å². The summed E-state index contributed by atoms with van der Waals surface area (Å²) in [7, 11) is 0. The van der Waals surface area contributed by atoms with Crippen molar-refractivity contribution in [2.75, 3.05) is 26.2 Å². The lowest BCUT2D eigenvalue weighted by molar-refractivity contribution is 0.261. The summed E-state index contributed by atoms with van der Waals surface area (Å²) in [5, 5.41) is 0. The Morgan fingerprint density at radius 3 is 2.60 bits per heavy atom. The highest BCUT2D eigenvalue weighted by Gasteiger charge is 2.16. The van der Waals surface area contributed by atoms with Crippen LogP contribution in [0.3, 0.4) is 0 Å². The Hall–Kier alpha value is -0.0800. The van der Waals surface area contributed by atoms with E-state index < -0.39 is 0 Å². The highest BCUT2D eigenvalue weighted by molar-refractivity contribution is 4.70. The van der Waals surface area contributed by atoms with Crippen LogP contribution in [0.5, 0.6) is 0 Å². The van der Waals surface area contributed by atoms with Gasteiger partial charge in [-0.1, -0.05) is 39.5 Å². The van der Waals surface area contributed by atoms with Gasteiger partial charge in [-0.15, -0.1) is 0 Å². The van der Waals surface area contributed by atoms with Crippen LogP contribution in [0.15, 0.2) is 0 Å². The molecule has 120 valence electrons. The Morgan fingerprint density at radius 1 is 1.05 bits per heavy atom. The van der Waals surface area contributed by atoms with Gasteiger partial charge in [-0.25, -0.2) is 0 Å². The summed E-state index contributed by atoms with van der Waals surface area (Å²) in [6.07, 6.45) is 13.8. The van der Waals surface area contributed by atoms with Gasteiger partial charge in [0.25, 0.3) is 0 Å². The van der Waals surface area contributed by atoms with E-state index in [4.69, 9.17) is 5.73 Å². The molecule has 0 bridgehead atoms. The van der Waals surface area contributed by atoms with Gasteiger partial charge >= 0.3 is 0 Å². The lowest BCUT2D eigenvalue weighted by atomic mass is 9.94. The molecule has 1 aliphatic heterocycles. The van der Waals surface area contributed by atoms with Crippen LogP contribution in [0.25, 0.3) is 0 Å². The Morgan fingerprint density at radius 2 is 1.90 bits per heavy atom. The third-order valence-corrected chi connectivity index (χ3v) is 5.00. The quantitative estimate of drug-likeness (QED) is 0.642. The standard InChI is InChI=1S/C18H38N2/c1-3-7-17(11-13-19)9-5-14-20-15-6-10-18(8-4-2)12-16-20/h17-18H,3-16,19H2,1-2H3. The zero-order chi connectivity index (χ0) is 14.6. The smallest absolute Gasteiger partial charge is 0.00161 e. The first kappa shape index (κ1) is 18.0. The predicted octanol–water partition coefficient (Wildman–Crippen LogP) is 4.43. The number of nitrogens with zero attached hydrogens (tertiary/aromatic N) is 1. The van der Waals surface area contributed by atoms with E-state index in [0.717, 1.165) is 18.4 Å². The third-order valence-electron chi connectivity index (χ3n) is 5.00. The monoisotopic (exact) mass is 282 g/mol. The maximum Gasteiger partial charge on any atom is -0.00161 e. The lowest BCUT2D eigenvalue weighted by Gasteiger charge is -2.22. The van der Waals surface area contributed by atoms with E-state index in [1.165, 1.54) is 83.8 Å². The predicted molar refractivity (Wildman–Crippen MR) is 90.0 cm³/mol. The SMILES string of the molecule is CCCC(CCN)CCCN1CCCC(CCC)CC1. The van der Waals surface area contributed by atoms with Gasteiger partial charge in [0.15, 0.2) is 0 Å². The normalized spacial score (nSPS) is 22.6. The van der Waals surface area contributed by atoms with Gasteiger partial charge < -0.3 is 10.6 Å². The molecule has 2 nitrogen and oxygen atoms in total. The second kappa shape index (κ2) is 11.6. The van der Waals surface area contributed by atoms with Crippen LogP contribution in [0.2, 0.25) is 0 Å². The van der Waals surface area contributed by atoms with E-state index >= 15 is 0 Å². The highest BCUT2D eigenvalue weighted by Crippen LogP contribution is 2.23. The van der Waals surface area contributed by atoms with Crippen LogP contribution in [-0.4, -0.2) is 31.1 Å². The molecule has 0 aliphatic carbocycles. The Kier molecular flexibility index (Phi) is 10.4. The van der Waals surface area contributed by atoms with Gasteiger partial charge in [0.2, 0.25) is 0 Å². The van der Waals surface area contributed by atoms with E-state index in [9.17, 15) is 0 Å². The van der Waals surface area contributed by atoms with Crippen molar-refractivity contribution >= 4 is 0 Å². The van der Waals surface area contributed by atoms with Crippen molar-refractivity contribution in [2.24, 2.45) is 17.6 Å². The number of likely N-dealkylation sites (tertiary alicyclic amines) is 1. The zero-order valence-electron chi connectivity index (χ0n) is 14.1. The average Bonchev–Trinajstić information content (AvgIpc) is 2.65. The fraction of sp³-hybridized carbons (Fsp3) is 1.00. The molecule has 1 fully saturated rings. The summed E-state index contributed by atoms with van der Waals surface area (Å²) in [5.74, 6) is 1.89. The van der Waals surface area contributed by atoms with Gasteiger partial charge in [-0.05, 0) is 76.5 Å². The minimum Gasteiger partial charge on any atom is -0.330 e. The minimum absolute atomic E-state index is 0.868. The van der Waals surface area contributed by atoms with Gasteiger partial charge in [0.1, 0.15) is 0 Å². The minimum atomic E-state index is 0.868. The Balaban J connectivity index is 2.17. The van der Waals surface area contributed by atoms with Crippen molar-refractivity contribution < 1.29 is 0 Å². The van der Waals surface area contributed by atoms with E-state index in [0.29, 0.717) is 0 Å². The number of hydrogen-bond acceptors (Lipinski definition) is 2. The molecule has 20 heavy (non-hydrogen) atoms. The molecule has 0 aromatic heterocycles. The second-order valence-corrected chi connectivity index (χ2v) is 6.80. The topological polar surface area (TPSA) is 29.3 Å². The van der Waals surface area contributed by atoms with E-state index in [-0.39, 0.29) is 0 Å². The average molecular weight is 283 g/mol. The largest absolute Gasteiger partial charge is 0.330 e. The molecule has 0 amide bonds. The molecule has 1 aliphatic rings. The molecule has 0 aromatic carbocycles. The van der Waals surface area contributed by atoms with Crippen LogP contribution >= 0.6 is 0 Å². The molecular weight excluding hydrogens is 244 g/mol. The van der Waals surface area contributed by atoms with Crippen LogP contribution < -0.4 is 5.73 Å². The van der Waals surface area contributed by atoms with Gasteiger partial charge in [0, 0.05) is 0 Å². The van der Waals surface area contributed by atoms with Gasteiger partial charge in [0.05, 0.1) is 0 Å². The van der Waals surface area contributed by atoms with Crippen LogP contribution in [0.1, 0.15) is 78.1 Å². The molecule has 0 aromatic rings. The second-order valence-electron chi connectivity index (χ2n) is 6.80. The zero-order valence-corrected chi connectivity index (χ0v) is 14.1. The van der Waals surface area contributed by atoms with Crippen molar-refractivity contribution in [2.45, 2.75) is 78.1 Å². The summed E-state index contributed by atoms with van der Waals surface area (Å²) >= 11 is 0. The molecule has 1 rings (SSSR count). The summed E-state index contributed by atoms with van der Waals surface area (Å²) in [6.45, 7) is 9.51. The van der Waals surface area contributed by atoms with E-state index in [2.05, 4.69) is 18.7 Å². The molecule has 2 heteroatoms. The van der Waals surface area contributed by atoms with Crippen molar-refractivity contribution in [3.05, 3.63) is 0 Å². The summed E-state index contributed by atoms with van der Waals surface area (Å²) < 4.78 is 0.